The third-order valence-corrected chi connectivity index (χ3v) is 4.42. The third kappa shape index (κ3) is 4.40. The van der Waals surface area contributed by atoms with Crippen LogP contribution < -0.4 is 15.8 Å². The molecular weight excluding hydrogens is 354 g/mol. The van der Waals surface area contributed by atoms with E-state index in [1.54, 1.807) is 29.2 Å². The summed E-state index contributed by atoms with van der Waals surface area (Å²) < 4.78 is 0. The van der Waals surface area contributed by atoms with Gasteiger partial charge in [0.15, 0.2) is 0 Å². The number of carbonyl (C=O) groups excluding carboxylic acids is 3. The average Bonchev–Trinajstić information content (AvgIpc) is 3.04. The Morgan fingerprint density at radius 3 is 2.42 bits per heavy atom. The van der Waals surface area contributed by atoms with E-state index in [4.69, 9.17) is 11.6 Å². The van der Waals surface area contributed by atoms with Gasteiger partial charge >= 0.3 is 0 Å². The number of anilines is 1. The number of benzene rings is 2. The van der Waals surface area contributed by atoms with Crippen LogP contribution in [-0.2, 0) is 20.8 Å². The number of para-hydroxylation sites is 1. The van der Waals surface area contributed by atoms with Crippen LogP contribution in [0.1, 0.15) is 12.0 Å². The van der Waals surface area contributed by atoms with E-state index in [0.717, 1.165) is 11.3 Å². The normalized spacial score (nSPS) is 16.4. The maximum Gasteiger partial charge on any atom is 0.243 e. The van der Waals surface area contributed by atoms with Crippen LogP contribution in [0.4, 0.5) is 5.69 Å². The molecule has 0 aliphatic carbocycles. The molecule has 1 saturated heterocycles. The molecule has 7 heteroatoms. The van der Waals surface area contributed by atoms with Crippen molar-refractivity contribution >= 4 is 35.0 Å². The van der Waals surface area contributed by atoms with Crippen molar-refractivity contribution in [3.63, 3.8) is 0 Å². The summed E-state index contributed by atoms with van der Waals surface area (Å²) in [5.74, 6) is -1.33. The molecule has 26 heavy (non-hydrogen) atoms. The first kappa shape index (κ1) is 17.9. The quantitative estimate of drug-likeness (QED) is 0.808. The van der Waals surface area contributed by atoms with Crippen LogP contribution in [0.5, 0.6) is 0 Å². The van der Waals surface area contributed by atoms with Gasteiger partial charge in [0.25, 0.3) is 0 Å². The van der Waals surface area contributed by atoms with E-state index in [9.17, 15) is 14.4 Å². The zero-order valence-corrected chi connectivity index (χ0v) is 14.7. The smallest absolute Gasteiger partial charge is 0.243 e. The van der Waals surface area contributed by atoms with Crippen molar-refractivity contribution < 1.29 is 14.4 Å². The molecule has 134 valence electrons. The second-order valence-electron chi connectivity index (χ2n) is 6.08. The van der Waals surface area contributed by atoms with Crippen molar-refractivity contribution in [2.75, 3.05) is 11.4 Å². The van der Waals surface area contributed by atoms with E-state index in [1.165, 1.54) is 0 Å². The predicted octanol–water partition coefficient (Wildman–Crippen LogP) is 2.08. The van der Waals surface area contributed by atoms with Crippen molar-refractivity contribution in [1.29, 1.82) is 0 Å². The molecule has 0 saturated carbocycles. The molecule has 0 radical (unpaired) electrons. The largest absolute Gasteiger partial charge is 0.312 e. The Balaban J connectivity index is 1.50. The zero-order chi connectivity index (χ0) is 18.5. The molecule has 1 unspecified atom stereocenters. The summed E-state index contributed by atoms with van der Waals surface area (Å²) in [7, 11) is 0. The Bertz CT molecular complexity index is 809. The molecule has 1 fully saturated rings. The monoisotopic (exact) mass is 371 g/mol. The number of halogens is 1. The Labute approximate surface area is 156 Å². The summed E-state index contributed by atoms with van der Waals surface area (Å²) in [6.45, 7) is 0.293. The van der Waals surface area contributed by atoms with Gasteiger partial charge in [-0.05, 0) is 29.8 Å². The summed E-state index contributed by atoms with van der Waals surface area (Å²) in [5, 5.41) is 0.594. The summed E-state index contributed by atoms with van der Waals surface area (Å²) >= 11 is 5.80. The van der Waals surface area contributed by atoms with Gasteiger partial charge in [-0.3, -0.25) is 25.2 Å². The Morgan fingerprint density at radius 1 is 1.04 bits per heavy atom. The highest BCUT2D eigenvalue weighted by Gasteiger charge is 2.35. The molecule has 1 aliphatic rings. The first-order chi connectivity index (χ1) is 12.5. The highest BCUT2D eigenvalue weighted by molar-refractivity contribution is 6.30. The number of hydrazine groups is 1. The Morgan fingerprint density at radius 2 is 1.73 bits per heavy atom. The van der Waals surface area contributed by atoms with Crippen molar-refractivity contribution in [1.82, 2.24) is 10.9 Å². The van der Waals surface area contributed by atoms with Crippen LogP contribution in [0.2, 0.25) is 5.02 Å². The number of hydrogen-bond donors (Lipinski definition) is 2. The topological polar surface area (TPSA) is 78.5 Å². The van der Waals surface area contributed by atoms with Gasteiger partial charge in [0.1, 0.15) is 0 Å². The van der Waals surface area contributed by atoms with Crippen LogP contribution in [-0.4, -0.2) is 24.3 Å². The Kier molecular flexibility index (Phi) is 5.53. The number of amides is 3. The minimum Gasteiger partial charge on any atom is -0.312 e. The Hall–Kier alpha value is -2.86. The van der Waals surface area contributed by atoms with Crippen LogP contribution in [0.3, 0.4) is 0 Å². The summed E-state index contributed by atoms with van der Waals surface area (Å²) in [6.07, 6.45) is 0.241. The minimum atomic E-state index is -0.501. The second-order valence-corrected chi connectivity index (χ2v) is 6.52. The van der Waals surface area contributed by atoms with E-state index >= 15 is 0 Å². The van der Waals surface area contributed by atoms with E-state index in [1.807, 2.05) is 30.3 Å². The standard InChI is InChI=1S/C19H18ClN3O3/c20-15-8-6-13(7-9-15)10-17(24)21-22-19(26)14-11-18(25)23(12-14)16-4-2-1-3-5-16/h1-9,14H,10-12H2,(H,21,24)(H,22,26). The molecule has 2 aromatic carbocycles. The lowest BCUT2D eigenvalue weighted by molar-refractivity contribution is -0.131. The fraction of sp³-hybridized carbons (Fsp3) is 0.211. The zero-order valence-electron chi connectivity index (χ0n) is 13.9. The number of hydrogen-bond acceptors (Lipinski definition) is 3. The van der Waals surface area contributed by atoms with Crippen molar-refractivity contribution in [3.05, 3.63) is 65.2 Å². The highest BCUT2D eigenvalue weighted by atomic mass is 35.5. The number of nitrogens with one attached hydrogen (secondary N) is 2. The first-order valence-corrected chi connectivity index (χ1v) is 8.59. The molecule has 3 rings (SSSR count). The van der Waals surface area contributed by atoms with Crippen molar-refractivity contribution in [2.24, 2.45) is 5.92 Å². The van der Waals surface area contributed by atoms with Gasteiger partial charge < -0.3 is 4.90 Å². The molecule has 2 N–H and O–H groups in total. The van der Waals surface area contributed by atoms with Crippen LogP contribution in [0.15, 0.2) is 54.6 Å². The molecule has 6 nitrogen and oxygen atoms in total. The van der Waals surface area contributed by atoms with Crippen molar-refractivity contribution in [2.45, 2.75) is 12.8 Å². The maximum absolute atomic E-state index is 12.2. The summed E-state index contributed by atoms with van der Waals surface area (Å²) in [5.41, 5.74) is 6.34. The number of rotatable bonds is 4. The van der Waals surface area contributed by atoms with Crippen LogP contribution >= 0.6 is 11.6 Å². The molecule has 0 spiro atoms. The summed E-state index contributed by atoms with van der Waals surface area (Å²) in [4.78, 5) is 37.9. The molecular formula is C19H18ClN3O3. The average molecular weight is 372 g/mol. The third-order valence-electron chi connectivity index (χ3n) is 4.17. The van der Waals surface area contributed by atoms with Gasteiger partial charge in [-0.25, -0.2) is 0 Å². The SMILES string of the molecule is O=C(Cc1ccc(Cl)cc1)NNC(=O)C1CC(=O)N(c2ccccc2)C1. The van der Waals surface area contributed by atoms with E-state index in [-0.39, 0.29) is 30.6 Å². The minimum absolute atomic E-state index is 0.108. The van der Waals surface area contributed by atoms with Crippen LogP contribution in [0, 0.1) is 5.92 Å². The number of nitrogens with zero attached hydrogens (tertiary/aromatic N) is 1. The van der Waals surface area contributed by atoms with Crippen LogP contribution in [0.25, 0.3) is 0 Å². The van der Waals surface area contributed by atoms with E-state index in [2.05, 4.69) is 10.9 Å². The lowest BCUT2D eigenvalue weighted by Gasteiger charge is -2.16. The van der Waals surface area contributed by atoms with Gasteiger partial charge in [0.2, 0.25) is 17.7 Å². The van der Waals surface area contributed by atoms with Gasteiger partial charge in [-0.1, -0.05) is 41.9 Å². The predicted molar refractivity (Wildman–Crippen MR) is 98.3 cm³/mol. The molecule has 0 aromatic heterocycles. The maximum atomic E-state index is 12.2. The molecule has 2 aromatic rings. The fourth-order valence-electron chi connectivity index (χ4n) is 2.81. The molecule has 3 amide bonds. The van der Waals surface area contributed by atoms with Gasteiger partial charge in [0.05, 0.1) is 12.3 Å². The van der Waals surface area contributed by atoms with Gasteiger partial charge in [-0.2, -0.15) is 0 Å². The van der Waals surface area contributed by atoms with Crippen molar-refractivity contribution in [3.8, 4) is 0 Å². The van der Waals surface area contributed by atoms with Gasteiger partial charge in [0, 0.05) is 23.7 Å². The van der Waals surface area contributed by atoms with E-state index < -0.39 is 5.92 Å². The lowest BCUT2D eigenvalue weighted by atomic mass is 10.1. The molecule has 1 aliphatic heterocycles. The molecule has 0 bridgehead atoms. The lowest BCUT2D eigenvalue weighted by Crippen LogP contribution is -2.45. The van der Waals surface area contributed by atoms with E-state index in [0.29, 0.717) is 11.6 Å². The first-order valence-electron chi connectivity index (χ1n) is 8.21. The molecule has 1 heterocycles. The van der Waals surface area contributed by atoms with Gasteiger partial charge in [-0.15, -0.1) is 0 Å². The highest BCUT2D eigenvalue weighted by Crippen LogP contribution is 2.24. The second kappa shape index (κ2) is 8.01. The fourth-order valence-corrected chi connectivity index (χ4v) is 2.93. The molecule has 1 atom stereocenters. The number of carbonyl (C=O) groups is 3. The summed E-state index contributed by atoms with van der Waals surface area (Å²) in [6, 6.07) is 16.1.